The summed E-state index contributed by atoms with van der Waals surface area (Å²) in [7, 11) is 2.23. The number of benzene rings is 2. The molecule has 2 heterocycles. The minimum atomic E-state index is 0.425. The Hall–Kier alpha value is -2.32. The third-order valence-corrected chi connectivity index (χ3v) is 5.91. The first kappa shape index (κ1) is 17.1. The summed E-state index contributed by atoms with van der Waals surface area (Å²) in [6.45, 7) is 10.00. The third-order valence-electron chi connectivity index (χ3n) is 5.91. The van der Waals surface area contributed by atoms with Crippen molar-refractivity contribution in [2.24, 2.45) is 0 Å². The van der Waals surface area contributed by atoms with Crippen molar-refractivity contribution >= 4 is 22.7 Å². The van der Waals surface area contributed by atoms with Gasteiger partial charge in [0.15, 0.2) is 0 Å². The van der Waals surface area contributed by atoms with Crippen molar-refractivity contribution in [1.82, 2.24) is 9.47 Å². The van der Waals surface area contributed by atoms with Gasteiger partial charge in [-0.05, 0) is 70.0 Å². The monoisotopic (exact) mass is 344 g/mol. The van der Waals surface area contributed by atoms with Gasteiger partial charge in [-0.3, -0.25) is 4.90 Å². The number of fused-ring (bicyclic) bond motifs is 3. The van der Waals surface area contributed by atoms with Crippen molar-refractivity contribution in [3.05, 3.63) is 70.4 Å². The molecule has 0 saturated heterocycles. The fourth-order valence-electron chi connectivity index (χ4n) is 4.15. The molecule has 26 heavy (non-hydrogen) atoms. The second kappa shape index (κ2) is 6.44. The Labute approximate surface area is 156 Å². The topological polar surface area (TPSA) is 8.17 Å². The molecule has 4 rings (SSSR count). The Morgan fingerprint density at radius 3 is 2.46 bits per heavy atom. The van der Waals surface area contributed by atoms with Crippen LogP contribution in [0.25, 0.3) is 22.7 Å². The van der Waals surface area contributed by atoms with Gasteiger partial charge in [-0.2, -0.15) is 0 Å². The van der Waals surface area contributed by atoms with Crippen LogP contribution in [0.1, 0.15) is 47.8 Å². The van der Waals surface area contributed by atoms with Gasteiger partial charge in [0, 0.05) is 29.9 Å². The van der Waals surface area contributed by atoms with E-state index in [9.17, 15) is 0 Å². The predicted octanol–water partition coefficient (Wildman–Crippen LogP) is 5.83. The smallest absolute Gasteiger partial charge is 0.0529 e. The zero-order valence-corrected chi connectivity index (χ0v) is 16.5. The second-order valence-corrected chi connectivity index (χ2v) is 7.84. The number of aryl methyl sites for hydroxylation is 2. The first-order chi connectivity index (χ1) is 12.5. The molecule has 2 aromatic carbocycles. The lowest BCUT2D eigenvalue weighted by molar-refractivity contribution is 0.242. The molecular weight excluding hydrogens is 316 g/mol. The molecule has 1 aromatic heterocycles. The molecule has 0 spiro atoms. The van der Waals surface area contributed by atoms with Crippen LogP contribution in [0.4, 0.5) is 0 Å². The van der Waals surface area contributed by atoms with Gasteiger partial charge < -0.3 is 4.57 Å². The highest BCUT2D eigenvalue weighted by Gasteiger charge is 2.27. The molecule has 3 aromatic rings. The first-order valence-electron chi connectivity index (χ1n) is 9.54. The van der Waals surface area contributed by atoms with E-state index in [1.807, 2.05) is 0 Å². The largest absolute Gasteiger partial charge is 0.318 e. The molecule has 2 heteroatoms. The minimum absolute atomic E-state index is 0.425. The Morgan fingerprint density at radius 2 is 1.73 bits per heavy atom. The predicted molar refractivity (Wildman–Crippen MR) is 112 cm³/mol. The van der Waals surface area contributed by atoms with Gasteiger partial charge >= 0.3 is 0 Å². The van der Waals surface area contributed by atoms with Gasteiger partial charge in [-0.15, -0.1) is 0 Å². The number of hydrogen-bond donors (Lipinski definition) is 0. The highest BCUT2D eigenvalue weighted by molar-refractivity contribution is 5.90. The average molecular weight is 345 g/mol. The summed E-state index contributed by atoms with van der Waals surface area (Å²) in [5, 5.41) is 1.42. The quantitative estimate of drug-likeness (QED) is 0.568. The molecule has 1 aliphatic rings. The van der Waals surface area contributed by atoms with Crippen molar-refractivity contribution in [2.75, 3.05) is 13.6 Å². The third kappa shape index (κ3) is 2.79. The fraction of sp³-hybridized carbons (Fsp3) is 0.333. The Morgan fingerprint density at radius 1 is 1.04 bits per heavy atom. The summed E-state index contributed by atoms with van der Waals surface area (Å²) in [4.78, 5) is 2.46. The molecule has 0 radical (unpaired) electrons. The summed E-state index contributed by atoms with van der Waals surface area (Å²) in [5.41, 5.74) is 9.53. The van der Waals surface area contributed by atoms with Crippen LogP contribution in [0.15, 0.2) is 42.5 Å². The minimum Gasteiger partial charge on any atom is -0.318 e. The molecule has 1 aliphatic heterocycles. The van der Waals surface area contributed by atoms with Crippen LogP contribution >= 0.6 is 0 Å². The Bertz CT molecular complexity index is 989. The van der Waals surface area contributed by atoms with Gasteiger partial charge in [0.2, 0.25) is 0 Å². The summed E-state index contributed by atoms with van der Waals surface area (Å²) >= 11 is 0. The SMILES string of the molecule is C/C(=C\n1c2c(c3cc(C)ccc31)CCN(C)C2C)c1ccc(C)cc1. The normalized spacial score (nSPS) is 18.3. The second-order valence-electron chi connectivity index (χ2n) is 7.84. The lowest BCUT2D eigenvalue weighted by atomic mass is 9.98. The molecule has 0 fully saturated rings. The van der Waals surface area contributed by atoms with E-state index in [4.69, 9.17) is 0 Å². The van der Waals surface area contributed by atoms with Crippen LogP contribution in [0.3, 0.4) is 0 Å². The highest BCUT2D eigenvalue weighted by atomic mass is 15.2. The van der Waals surface area contributed by atoms with Crippen molar-refractivity contribution in [3.63, 3.8) is 0 Å². The summed E-state index contributed by atoms with van der Waals surface area (Å²) in [6, 6.07) is 16.1. The van der Waals surface area contributed by atoms with E-state index in [0.717, 1.165) is 13.0 Å². The van der Waals surface area contributed by atoms with Gasteiger partial charge in [0.05, 0.1) is 5.52 Å². The van der Waals surface area contributed by atoms with Gasteiger partial charge in [0.25, 0.3) is 0 Å². The van der Waals surface area contributed by atoms with E-state index in [0.29, 0.717) is 6.04 Å². The van der Waals surface area contributed by atoms with Crippen LogP contribution in [0.5, 0.6) is 0 Å². The molecule has 1 atom stereocenters. The number of hydrogen-bond acceptors (Lipinski definition) is 1. The van der Waals surface area contributed by atoms with Crippen molar-refractivity contribution in [2.45, 2.75) is 40.2 Å². The highest BCUT2D eigenvalue weighted by Crippen LogP contribution is 2.37. The maximum absolute atomic E-state index is 2.46. The molecule has 1 unspecified atom stereocenters. The Balaban J connectivity index is 1.94. The van der Waals surface area contributed by atoms with E-state index in [2.05, 4.69) is 92.9 Å². The van der Waals surface area contributed by atoms with Crippen LogP contribution in [-0.4, -0.2) is 23.1 Å². The standard InChI is InChI=1S/C24H28N2/c1-16-6-9-20(10-7-16)18(3)15-26-23-11-8-17(2)14-22(23)21-12-13-25(5)19(4)24(21)26/h6-11,14-15,19H,12-13H2,1-5H3/b18-15+. The summed E-state index contributed by atoms with van der Waals surface area (Å²) < 4.78 is 2.44. The average Bonchev–Trinajstić information content (AvgIpc) is 2.92. The summed E-state index contributed by atoms with van der Waals surface area (Å²) in [5.74, 6) is 0. The van der Waals surface area contributed by atoms with E-state index in [1.165, 1.54) is 44.4 Å². The number of aromatic nitrogens is 1. The number of rotatable bonds is 2. The van der Waals surface area contributed by atoms with Crippen molar-refractivity contribution in [1.29, 1.82) is 0 Å². The van der Waals surface area contributed by atoms with Gasteiger partial charge in [-0.25, -0.2) is 0 Å². The number of likely N-dealkylation sites (N-methyl/N-ethyl adjacent to an activating group) is 1. The number of nitrogens with zero attached hydrogens (tertiary/aromatic N) is 2. The van der Waals surface area contributed by atoms with Crippen molar-refractivity contribution < 1.29 is 0 Å². The lowest BCUT2D eigenvalue weighted by Crippen LogP contribution is -2.31. The summed E-state index contributed by atoms with van der Waals surface area (Å²) in [6.07, 6.45) is 3.46. The Kier molecular flexibility index (Phi) is 4.24. The zero-order valence-electron chi connectivity index (χ0n) is 16.5. The van der Waals surface area contributed by atoms with Crippen LogP contribution in [0, 0.1) is 13.8 Å². The first-order valence-corrected chi connectivity index (χ1v) is 9.54. The van der Waals surface area contributed by atoms with Crippen LogP contribution in [-0.2, 0) is 6.42 Å². The lowest BCUT2D eigenvalue weighted by Gasteiger charge is -2.31. The van der Waals surface area contributed by atoms with Gasteiger partial charge in [0.1, 0.15) is 0 Å². The van der Waals surface area contributed by atoms with Crippen LogP contribution < -0.4 is 0 Å². The van der Waals surface area contributed by atoms with Crippen LogP contribution in [0.2, 0.25) is 0 Å². The number of allylic oxidation sites excluding steroid dienone is 1. The molecule has 0 amide bonds. The molecule has 0 bridgehead atoms. The van der Waals surface area contributed by atoms with E-state index >= 15 is 0 Å². The van der Waals surface area contributed by atoms with E-state index in [-0.39, 0.29) is 0 Å². The van der Waals surface area contributed by atoms with Crippen molar-refractivity contribution in [3.8, 4) is 0 Å². The molecular formula is C24H28N2. The molecule has 134 valence electrons. The van der Waals surface area contributed by atoms with Gasteiger partial charge in [-0.1, -0.05) is 41.5 Å². The maximum atomic E-state index is 2.46. The molecule has 2 nitrogen and oxygen atoms in total. The molecule has 0 saturated carbocycles. The maximum Gasteiger partial charge on any atom is 0.0529 e. The molecule has 0 N–H and O–H groups in total. The van der Waals surface area contributed by atoms with E-state index in [1.54, 1.807) is 0 Å². The fourth-order valence-corrected chi connectivity index (χ4v) is 4.15. The van der Waals surface area contributed by atoms with E-state index < -0.39 is 0 Å². The molecule has 0 aliphatic carbocycles. The zero-order chi connectivity index (χ0) is 18.4.